The van der Waals surface area contributed by atoms with Gasteiger partial charge in [0.2, 0.25) is 0 Å². The quantitative estimate of drug-likeness (QED) is 0.616. The van der Waals surface area contributed by atoms with E-state index in [1.54, 1.807) is 0 Å². The summed E-state index contributed by atoms with van der Waals surface area (Å²) < 4.78 is 52.2. The van der Waals surface area contributed by atoms with Gasteiger partial charge in [0.25, 0.3) is 0 Å². The Morgan fingerprint density at radius 3 is 2.25 bits per heavy atom. The van der Waals surface area contributed by atoms with Crippen molar-refractivity contribution in [2.24, 2.45) is 0 Å². The van der Waals surface area contributed by atoms with Crippen molar-refractivity contribution in [3.05, 3.63) is 23.0 Å². The number of ether oxygens (including phenoxy) is 1. The Bertz CT molecular complexity index is 396. The summed E-state index contributed by atoms with van der Waals surface area (Å²) in [5, 5.41) is 16.9. The Morgan fingerprint density at radius 1 is 1.25 bits per heavy atom. The largest absolute Gasteiger partial charge is 0.573 e. The van der Waals surface area contributed by atoms with E-state index in [4.69, 9.17) is 21.6 Å². The molecule has 0 atom stereocenters. The molecule has 0 aromatic heterocycles. The highest BCUT2D eigenvalue weighted by Gasteiger charge is 2.35. The zero-order chi connectivity index (χ0) is 12.5. The molecule has 0 aliphatic carbocycles. The minimum atomic E-state index is -5.07. The summed E-state index contributed by atoms with van der Waals surface area (Å²) in [4.78, 5) is 0. The summed E-state index contributed by atoms with van der Waals surface area (Å²) in [7, 11) is -2.46. The molecule has 88 valence electrons. The molecule has 1 aromatic carbocycles. The van der Waals surface area contributed by atoms with Crippen molar-refractivity contribution in [3.8, 4) is 5.75 Å². The van der Waals surface area contributed by atoms with Crippen molar-refractivity contribution in [2.45, 2.75) is 6.36 Å². The smallest absolute Gasteiger partial charge is 0.423 e. The molecule has 1 rings (SSSR count). The van der Waals surface area contributed by atoms with Gasteiger partial charge < -0.3 is 14.8 Å². The molecular weight excluding hydrogens is 254 g/mol. The minimum absolute atomic E-state index is 0.544. The molecule has 1 aromatic rings. The molecule has 0 aliphatic heterocycles. The van der Waals surface area contributed by atoms with Crippen LogP contribution < -0.4 is 10.2 Å². The monoisotopic (exact) mass is 258 g/mol. The fraction of sp³-hybridized carbons (Fsp3) is 0.143. The van der Waals surface area contributed by atoms with Crippen molar-refractivity contribution >= 4 is 24.2 Å². The molecular formula is C7H4BClF4O3. The molecule has 0 saturated heterocycles. The maximum absolute atomic E-state index is 13.2. The molecule has 0 spiro atoms. The average Bonchev–Trinajstić information content (AvgIpc) is 2.08. The molecule has 16 heavy (non-hydrogen) atoms. The zero-order valence-electron chi connectivity index (χ0n) is 7.42. The summed E-state index contributed by atoms with van der Waals surface area (Å²) in [6.07, 6.45) is -5.07. The predicted octanol–water partition coefficient (Wildman–Crippen LogP) is 1.06. The lowest BCUT2D eigenvalue weighted by atomic mass is 9.79. The van der Waals surface area contributed by atoms with Crippen LogP contribution in [0.4, 0.5) is 17.6 Å². The highest BCUT2D eigenvalue weighted by molar-refractivity contribution is 6.60. The first-order valence-electron chi connectivity index (χ1n) is 3.82. The van der Waals surface area contributed by atoms with Crippen LogP contribution in [0.25, 0.3) is 0 Å². The van der Waals surface area contributed by atoms with E-state index in [0.29, 0.717) is 6.07 Å². The van der Waals surface area contributed by atoms with Gasteiger partial charge in [-0.1, -0.05) is 11.6 Å². The van der Waals surface area contributed by atoms with E-state index < -0.39 is 35.5 Å². The van der Waals surface area contributed by atoms with Gasteiger partial charge in [0, 0.05) is 0 Å². The molecule has 2 N–H and O–H groups in total. The second-order valence-electron chi connectivity index (χ2n) is 2.69. The molecule has 0 fully saturated rings. The second-order valence-corrected chi connectivity index (χ2v) is 3.10. The van der Waals surface area contributed by atoms with Crippen LogP contribution >= 0.6 is 11.6 Å². The van der Waals surface area contributed by atoms with Gasteiger partial charge >= 0.3 is 13.5 Å². The number of benzene rings is 1. The topological polar surface area (TPSA) is 49.7 Å². The van der Waals surface area contributed by atoms with Crippen molar-refractivity contribution in [1.29, 1.82) is 0 Å². The Kier molecular flexibility index (Phi) is 3.66. The molecule has 0 saturated carbocycles. The lowest BCUT2D eigenvalue weighted by Crippen LogP contribution is -2.36. The first kappa shape index (κ1) is 13.1. The van der Waals surface area contributed by atoms with Crippen LogP contribution in [-0.2, 0) is 0 Å². The number of hydrogen-bond donors (Lipinski definition) is 2. The zero-order valence-corrected chi connectivity index (χ0v) is 8.18. The van der Waals surface area contributed by atoms with Crippen LogP contribution in [0, 0.1) is 5.82 Å². The molecule has 0 heterocycles. The van der Waals surface area contributed by atoms with Crippen LogP contribution in [0.1, 0.15) is 0 Å². The van der Waals surface area contributed by atoms with Gasteiger partial charge in [-0.2, -0.15) is 0 Å². The molecule has 0 aliphatic rings. The van der Waals surface area contributed by atoms with E-state index in [9.17, 15) is 17.6 Å². The summed E-state index contributed by atoms with van der Waals surface area (Å²) in [5.74, 6) is -2.43. The third-order valence-corrected chi connectivity index (χ3v) is 1.87. The van der Waals surface area contributed by atoms with Crippen LogP contribution in [0.2, 0.25) is 5.02 Å². The van der Waals surface area contributed by atoms with Gasteiger partial charge in [0.15, 0.2) is 0 Å². The number of rotatable bonds is 2. The predicted molar refractivity (Wildman–Crippen MR) is 47.9 cm³/mol. The van der Waals surface area contributed by atoms with Crippen molar-refractivity contribution in [1.82, 2.24) is 0 Å². The fourth-order valence-corrected chi connectivity index (χ4v) is 1.17. The first-order valence-corrected chi connectivity index (χ1v) is 4.20. The molecule has 0 unspecified atom stereocenters. The van der Waals surface area contributed by atoms with Gasteiger partial charge in [0.1, 0.15) is 11.6 Å². The highest BCUT2D eigenvalue weighted by atomic mass is 35.5. The fourth-order valence-electron chi connectivity index (χ4n) is 1.00. The average molecular weight is 258 g/mol. The van der Waals surface area contributed by atoms with E-state index in [0.717, 1.165) is 6.07 Å². The van der Waals surface area contributed by atoms with E-state index >= 15 is 0 Å². The van der Waals surface area contributed by atoms with Gasteiger partial charge in [-0.15, -0.1) is 13.2 Å². The SMILES string of the molecule is OB(O)c1c(OC(F)(F)F)ccc(Cl)c1F. The third-order valence-electron chi connectivity index (χ3n) is 1.58. The Hall–Kier alpha value is -0.985. The van der Waals surface area contributed by atoms with E-state index in [1.165, 1.54) is 0 Å². The first-order chi connectivity index (χ1) is 7.22. The van der Waals surface area contributed by atoms with Crippen molar-refractivity contribution in [2.75, 3.05) is 0 Å². The Balaban J connectivity index is 3.24. The Labute approximate surface area is 92.4 Å². The van der Waals surface area contributed by atoms with Crippen LogP contribution in [0.15, 0.2) is 12.1 Å². The molecule has 3 nitrogen and oxygen atoms in total. The van der Waals surface area contributed by atoms with E-state index in [1.807, 2.05) is 0 Å². The van der Waals surface area contributed by atoms with Crippen molar-refractivity contribution in [3.63, 3.8) is 0 Å². The van der Waals surface area contributed by atoms with E-state index in [2.05, 4.69) is 4.74 Å². The summed E-state index contributed by atoms with van der Waals surface area (Å²) >= 11 is 5.27. The third kappa shape index (κ3) is 3.00. The van der Waals surface area contributed by atoms with Crippen LogP contribution in [-0.4, -0.2) is 23.5 Å². The lowest BCUT2D eigenvalue weighted by Gasteiger charge is -2.13. The normalized spacial score (nSPS) is 11.4. The summed E-state index contributed by atoms with van der Waals surface area (Å²) in [6, 6.07) is 1.50. The number of alkyl halides is 3. The number of hydrogen-bond acceptors (Lipinski definition) is 3. The number of halogens is 5. The molecule has 0 radical (unpaired) electrons. The lowest BCUT2D eigenvalue weighted by molar-refractivity contribution is -0.274. The minimum Gasteiger partial charge on any atom is -0.423 e. The molecule has 0 amide bonds. The van der Waals surface area contributed by atoms with Gasteiger partial charge in [-0.25, -0.2) is 4.39 Å². The van der Waals surface area contributed by atoms with Gasteiger partial charge in [-0.3, -0.25) is 0 Å². The van der Waals surface area contributed by atoms with Crippen LogP contribution in [0.3, 0.4) is 0 Å². The second kappa shape index (κ2) is 4.48. The summed E-state index contributed by atoms with van der Waals surface area (Å²) in [6.45, 7) is 0. The van der Waals surface area contributed by atoms with Gasteiger partial charge in [-0.05, 0) is 12.1 Å². The summed E-state index contributed by atoms with van der Waals surface area (Å²) in [5.41, 5.74) is -1.06. The Morgan fingerprint density at radius 2 is 1.81 bits per heavy atom. The van der Waals surface area contributed by atoms with Gasteiger partial charge in [0.05, 0.1) is 10.5 Å². The molecule has 9 heteroatoms. The van der Waals surface area contributed by atoms with E-state index in [-0.39, 0.29) is 0 Å². The van der Waals surface area contributed by atoms with Crippen LogP contribution in [0.5, 0.6) is 5.75 Å². The standard InChI is InChI=1S/C7H4BClF4O3/c9-3-1-2-4(16-7(11,12)13)5(6(3)10)8(14)15/h1-2,14-15H. The maximum atomic E-state index is 13.2. The molecule has 0 bridgehead atoms. The van der Waals surface area contributed by atoms with Crippen molar-refractivity contribution < 1.29 is 32.3 Å². The maximum Gasteiger partial charge on any atom is 0.573 e. The highest BCUT2D eigenvalue weighted by Crippen LogP contribution is 2.24.